The molecule has 0 saturated heterocycles. The van der Waals surface area contributed by atoms with Crippen molar-refractivity contribution in [1.29, 1.82) is 0 Å². The smallest absolute Gasteiger partial charge is 0.248 e. The Morgan fingerprint density at radius 2 is 2.24 bits per heavy atom. The highest BCUT2D eigenvalue weighted by atomic mass is 32.1. The molecule has 0 aliphatic heterocycles. The minimum Gasteiger partial charge on any atom is -0.322 e. The lowest BCUT2D eigenvalue weighted by atomic mass is 10.2. The molecule has 1 amide bonds. The Labute approximate surface area is 124 Å². The standard InChI is InChI=1S/C14H11N5OS/c20-14(7-6-13-5-2-8-21-13)16-11-3-1-4-12(9-11)19-10-15-17-18-19/h1-10H,(H,16,20). The summed E-state index contributed by atoms with van der Waals surface area (Å²) in [5.74, 6) is -0.183. The fraction of sp³-hybridized carbons (Fsp3) is 0. The number of carbonyl (C=O) groups is 1. The van der Waals surface area contributed by atoms with E-state index in [9.17, 15) is 4.79 Å². The zero-order valence-corrected chi connectivity index (χ0v) is 11.7. The zero-order valence-electron chi connectivity index (χ0n) is 10.9. The number of aromatic nitrogens is 4. The highest BCUT2D eigenvalue weighted by molar-refractivity contribution is 7.10. The SMILES string of the molecule is O=C(C=Cc1cccs1)Nc1cccc(-n2cnnn2)c1. The molecule has 3 rings (SSSR count). The van der Waals surface area contributed by atoms with Crippen molar-refractivity contribution >= 4 is 29.0 Å². The van der Waals surface area contributed by atoms with Crippen molar-refractivity contribution in [1.82, 2.24) is 20.2 Å². The number of anilines is 1. The molecule has 2 heterocycles. The van der Waals surface area contributed by atoms with E-state index in [1.807, 2.05) is 35.7 Å². The number of thiophene rings is 1. The maximum atomic E-state index is 11.9. The van der Waals surface area contributed by atoms with Gasteiger partial charge >= 0.3 is 0 Å². The first-order chi connectivity index (χ1) is 10.3. The van der Waals surface area contributed by atoms with Crippen LogP contribution in [0.4, 0.5) is 5.69 Å². The number of nitrogens with one attached hydrogen (secondary N) is 1. The second kappa shape index (κ2) is 6.10. The number of amides is 1. The van der Waals surface area contributed by atoms with Gasteiger partial charge in [0.2, 0.25) is 5.91 Å². The molecule has 0 aliphatic carbocycles. The molecule has 0 aliphatic rings. The number of benzene rings is 1. The normalized spacial score (nSPS) is 10.9. The van der Waals surface area contributed by atoms with E-state index < -0.39 is 0 Å². The number of nitrogens with zero attached hydrogens (tertiary/aromatic N) is 4. The Morgan fingerprint density at radius 3 is 3.00 bits per heavy atom. The fourth-order valence-electron chi connectivity index (χ4n) is 1.73. The van der Waals surface area contributed by atoms with Gasteiger partial charge in [0.25, 0.3) is 0 Å². The summed E-state index contributed by atoms with van der Waals surface area (Å²) in [5, 5.41) is 15.7. The number of rotatable bonds is 4. The lowest BCUT2D eigenvalue weighted by Crippen LogP contribution is -2.08. The molecule has 0 spiro atoms. The van der Waals surface area contributed by atoms with Crippen LogP contribution in [0.3, 0.4) is 0 Å². The third-order valence-electron chi connectivity index (χ3n) is 2.67. The van der Waals surface area contributed by atoms with Gasteiger partial charge in [-0.25, -0.2) is 4.68 Å². The molecule has 0 fully saturated rings. The first-order valence-corrected chi connectivity index (χ1v) is 7.05. The third kappa shape index (κ3) is 3.40. The number of carbonyl (C=O) groups excluding carboxylic acids is 1. The summed E-state index contributed by atoms with van der Waals surface area (Å²) in [7, 11) is 0. The Morgan fingerprint density at radius 1 is 1.29 bits per heavy atom. The van der Waals surface area contributed by atoms with Crippen LogP contribution < -0.4 is 5.32 Å². The topological polar surface area (TPSA) is 72.7 Å². The minimum absolute atomic E-state index is 0.183. The van der Waals surface area contributed by atoms with E-state index in [0.717, 1.165) is 10.6 Å². The van der Waals surface area contributed by atoms with Crippen LogP contribution in [0.1, 0.15) is 4.88 Å². The molecule has 1 N–H and O–H groups in total. The van der Waals surface area contributed by atoms with Crippen LogP contribution in [0.5, 0.6) is 0 Å². The van der Waals surface area contributed by atoms with Crippen molar-refractivity contribution in [2.24, 2.45) is 0 Å². The van der Waals surface area contributed by atoms with Gasteiger partial charge in [-0.15, -0.1) is 16.4 Å². The van der Waals surface area contributed by atoms with Gasteiger partial charge in [0, 0.05) is 16.6 Å². The monoisotopic (exact) mass is 297 g/mol. The van der Waals surface area contributed by atoms with Crippen LogP contribution in [0.2, 0.25) is 0 Å². The van der Waals surface area contributed by atoms with E-state index in [4.69, 9.17) is 0 Å². The average molecular weight is 297 g/mol. The summed E-state index contributed by atoms with van der Waals surface area (Å²) in [6.45, 7) is 0. The van der Waals surface area contributed by atoms with Crippen molar-refractivity contribution in [3.05, 3.63) is 59.1 Å². The Kier molecular flexibility index (Phi) is 3.83. The van der Waals surface area contributed by atoms with E-state index in [-0.39, 0.29) is 5.91 Å². The predicted molar refractivity (Wildman–Crippen MR) is 81.1 cm³/mol. The van der Waals surface area contributed by atoms with Crippen molar-refractivity contribution in [2.75, 3.05) is 5.32 Å². The van der Waals surface area contributed by atoms with Gasteiger partial charge in [-0.2, -0.15) is 0 Å². The largest absolute Gasteiger partial charge is 0.322 e. The molecule has 0 atom stereocenters. The van der Waals surface area contributed by atoms with Crippen LogP contribution in [-0.4, -0.2) is 26.1 Å². The summed E-state index contributed by atoms with van der Waals surface area (Å²) < 4.78 is 1.52. The van der Waals surface area contributed by atoms with Gasteiger partial charge in [-0.1, -0.05) is 12.1 Å². The molecule has 2 aromatic heterocycles. The molecule has 3 aromatic rings. The fourth-order valence-corrected chi connectivity index (χ4v) is 2.35. The summed E-state index contributed by atoms with van der Waals surface area (Å²) >= 11 is 1.58. The molecular formula is C14H11N5OS. The highest BCUT2D eigenvalue weighted by Crippen LogP contribution is 2.14. The Hall–Kier alpha value is -2.80. The van der Waals surface area contributed by atoms with Crippen molar-refractivity contribution < 1.29 is 4.79 Å². The summed E-state index contributed by atoms with van der Waals surface area (Å²) in [5.41, 5.74) is 1.46. The quantitative estimate of drug-likeness (QED) is 0.750. The van der Waals surface area contributed by atoms with E-state index in [0.29, 0.717) is 5.69 Å². The van der Waals surface area contributed by atoms with E-state index >= 15 is 0 Å². The third-order valence-corrected chi connectivity index (χ3v) is 3.51. The first-order valence-electron chi connectivity index (χ1n) is 6.17. The molecule has 104 valence electrons. The zero-order chi connectivity index (χ0) is 14.5. The van der Waals surface area contributed by atoms with Gasteiger partial charge in [0.15, 0.2) is 0 Å². The molecule has 0 radical (unpaired) electrons. The summed E-state index contributed by atoms with van der Waals surface area (Å²) in [6.07, 6.45) is 4.79. The van der Waals surface area contributed by atoms with Crippen molar-refractivity contribution in [2.45, 2.75) is 0 Å². The van der Waals surface area contributed by atoms with Crippen molar-refractivity contribution in [3.8, 4) is 5.69 Å². The van der Waals surface area contributed by atoms with E-state index in [1.165, 1.54) is 17.1 Å². The van der Waals surface area contributed by atoms with Crippen LogP contribution in [0, 0.1) is 0 Å². The molecule has 0 bridgehead atoms. The van der Waals surface area contributed by atoms with Gasteiger partial charge in [-0.05, 0) is 46.1 Å². The number of tetrazole rings is 1. The van der Waals surface area contributed by atoms with Crippen LogP contribution in [0.15, 0.2) is 54.2 Å². The van der Waals surface area contributed by atoms with Crippen LogP contribution in [-0.2, 0) is 4.79 Å². The maximum absolute atomic E-state index is 11.9. The van der Waals surface area contributed by atoms with Crippen LogP contribution >= 0.6 is 11.3 Å². The van der Waals surface area contributed by atoms with Gasteiger partial charge in [0.05, 0.1) is 5.69 Å². The summed E-state index contributed by atoms with van der Waals surface area (Å²) in [6, 6.07) is 11.2. The van der Waals surface area contributed by atoms with E-state index in [2.05, 4.69) is 20.8 Å². The van der Waals surface area contributed by atoms with Crippen molar-refractivity contribution in [3.63, 3.8) is 0 Å². The molecule has 21 heavy (non-hydrogen) atoms. The molecule has 1 aromatic carbocycles. The Balaban J connectivity index is 1.70. The minimum atomic E-state index is -0.183. The van der Waals surface area contributed by atoms with Gasteiger partial charge < -0.3 is 5.32 Å². The molecule has 0 unspecified atom stereocenters. The van der Waals surface area contributed by atoms with E-state index in [1.54, 1.807) is 23.5 Å². The van der Waals surface area contributed by atoms with Gasteiger partial charge in [-0.3, -0.25) is 4.79 Å². The van der Waals surface area contributed by atoms with Gasteiger partial charge in [0.1, 0.15) is 6.33 Å². The molecule has 6 nitrogen and oxygen atoms in total. The molecule has 0 saturated carbocycles. The average Bonchev–Trinajstić information content (AvgIpc) is 3.19. The lowest BCUT2D eigenvalue weighted by molar-refractivity contribution is -0.111. The Bertz CT molecular complexity index is 750. The second-order valence-corrected chi connectivity index (χ2v) is 5.12. The number of hydrogen-bond acceptors (Lipinski definition) is 5. The van der Waals surface area contributed by atoms with Crippen LogP contribution in [0.25, 0.3) is 11.8 Å². The first kappa shape index (κ1) is 13.2. The molecular weight excluding hydrogens is 286 g/mol. The number of hydrogen-bond donors (Lipinski definition) is 1. The predicted octanol–water partition coefficient (Wildman–Crippen LogP) is 2.38. The lowest BCUT2D eigenvalue weighted by Gasteiger charge is -2.04. The highest BCUT2D eigenvalue weighted by Gasteiger charge is 2.02. The molecule has 7 heteroatoms. The maximum Gasteiger partial charge on any atom is 0.248 e. The second-order valence-electron chi connectivity index (χ2n) is 4.14. The summed E-state index contributed by atoms with van der Waals surface area (Å²) in [4.78, 5) is 12.9.